The van der Waals surface area contributed by atoms with Crippen LogP contribution >= 0.6 is 0 Å². The number of carbonyl (C=O) groups is 1. The molecular formula is C19H26N2O2. The highest BCUT2D eigenvalue weighted by molar-refractivity contribution is 5.80. The van der Waals surface area contributed by atoms with Crippen molar-refractivity contribution in [1.82, 2.24) is 10.2 Å². The smallest absolute Gasteiger partial charge is 0.229 e. The van der Waals surface area contributed by atoms with Crippen LogP contribution in [0.3, 0.4) is 0 Å². The van der Waals surface area contributed by atoms with Crippen molar-refractivity contribution in [3.8, 4) is 5.75 Å². The molecule has 124 valence electrons. The molecule has 2 fully saturated rings. The van der Waals surface area contributed by atoms with E-state index in [-0.39, 0.29) is 11.8 Å². The first-order chi connectivity index (χ1) is 11.3. The molecule has 2 atom stereocenters. The normalized spacial score (nSPS) is 28.3. The fourth-order valence-electron chi connectivity index (χ4n) is 4.38. The van der Waals surface area contributed by atoms with Crippen molar-refractivity contribution in [2.24, 2.45) is 11.8 Å². The van der Waals surface area contributed by atoms with Crippen LogP contribution in [0.5, 0.6) is 5.75 Å². The van der Waals surface area contributed by atoms with E-state index in [9.17, 15) is 4.79 Å². The first kappa shape index (κ1) is 15.0. The van der Waals surface area contributed by atoms with Crippen LogP contribution in [0.1, 0.15) is 31.2 Å². The van der Waals surface area contributed by atoms with Gasteiger partial charge in [-0.15, -0.1) is 0 Å². The minimum Gasteiger partial charge on any atom is -0.492 e. The first-order valence-corrected chi connectivity index (χ1v) is 9.04. The predicted octanol–water partition coefficient (Wildman–Crippen LogP) is 2.23. The average molecular weight is 314 g/mol. The lowest BCUT2D eigenvalue weighted by molar-refractivity contribution is -0.138. The molecule has 0 bridgehead atoms. The van der Waals surface area contributed by atoms with Gasteiger partial charge in [0.15, 0.2) is 0 Å². The summed E-state index contributed by atoms with van der Waals surface area (Å²) < 4.78 is 5.79. The number of benzene rings is 1. The molecule has 4 nitrogen and oxygen atoms in total. The molecule has 3 aliphatic rings. The molecule has 1 amide bonds. The first-order valence-electron chi connectivity index (χ1n) is 9.04. The molecule has 0 aromatic heterocycles. The molecule has 1 aromatic rings. The maximum Gasteiger partial charge on any atom is 0.229 e. The van der Waals surface area contributed by atoms with Crippen molar-refractivity contribution in [1.29, 1.82) is 0 Å². The van der Waals surface area contributed by atoms with Crippen molar-refractivity contribution in [3.05, 3.63) is 29.8 Å². The third-order valence-corrected chi connectivity index (χ3v) is 5.75. The maximum atomic E-state index is 12.8. The van der Waals surface area contributed by atoms with Gasteiger partial charge in [0.25, 0.3) is 0 Å². The van der Waals surface area contributed by atoms with Gasteiger partial charge in [0.1, 0.15) is 12.4 Å². The zero-order valence-corrected chi connectivity index (χ0v) is 13.7. The third-order valence-electron chi connectivity index (χ3n) is 5.75. The highest BCUT2D eigenvalue weighted by Gasteiger charge is 2.34. The molecule has 0 aliphatic carbocycles. The fourth-order valence-corrected chi connectivity index (χ4v) is 4.38. The summed E-state index contributed by atoms with van der Waals surface area (Å²) in [5.41, 5.74) is 1.17. The van der Waals surface area contributed by atoms with Crippen molar-refractivity contribution in [3.63, 3.8) is 0 Å². The van der Waals surface area contributed by atoms with Crippen molar-refractivity contribution in [2.75, 3.05) is 26.2 Å². The Labute approximate surface area is 138 Å². The van der Waals surface area contributed by atoms with Gasteiger partial charge in [0.05, 0.1) is 5.92 Å². The van der Waals surface area contributed by atoms with Crippen LogP contribution in [0.4, 0.5) is 0 Å². The van der Waals surface area contributed by atoms with E-state index in [1.807, 2.05) is 18.2 Å². The lowest BCUT2D eigenvalue weighted by Gasteiger charge is -2.37. The standard InChI is InChI=1S/C19H26N2O2/c22-19(16-12-15-4-1-2-6-18(15)23-13-16)21-10-7-14(8-11-21)17-5-3-9-20-17/h1-2,4,6,14,16-17,20H,3,5,7-13H2. The minimum atomic E-state index is -0.00828. The summed E-state index contributed by atoms with van der Waals surface area (Å²) in [6.45, 7) is 3.53. The molecule has 0 radical (unpaired) electrons. The zero-order chi connectivity index (χ0) is 15.6. The predicted molar refractivity (Wildman–Crippen MR) is 89.5 cm³/mol. The van der Waals surface area contributed by atoms with Gasteiger partial charge in [-0.2, -0.15) is 0 Å². The zero-order valence-electron chi connectivity index (χ0n) is 13.7. The Morgan fingerprint density at radius 2 is 2.00 bits per heavy atom. The number of hydrogen-bond donors (Lipinski definition) is 1. The number of hydrogen-bond acceptors (Lipinski definition) is 3. The number of ether oxygens (including phenoxy) is 1. The summed E-state index contributed by atoms with van der Waals surface area (Å²) in [4.78, 5) is 14.9. The van der Waals surface area contributed by atoms with E-state index in [0.717, 1.165) is 44.0 Å². The lowest BCUT2D eigenvalue weighted by Crippen LogP contribution is -2.47. The summed E-state index contributed by atoms with van der Waals surface area (Å²) in [6, 6.07) is 8.78. The molecular weight excluding hydrogens is 288 g/mol. The van der Waals surface area contributed by atoms with E-state index in [4.69, 9.17) is 4.74 Å². The number of amides is 1. The summed E-state index contributed by atoms with van der Waals surface area (Å²) >= 11 is 0. The van der Waals surface area contributed by atoms with E-state index < -0.39 is 0 Å². The molecule has 0 spiro atoms. The maximum absolute atomic E-state index is 12.8. The fraction of sp³-hybridized carbons (Fsp3) is 0.632. The van der Waals surface area contributed by atoms with Crippen molar-refractivity contribution in [2.45, 2.75) is 38.1 Å². The summed E-state index contributed by atoms with van der Waals surface area (Å²) in [6.07, 6.45) is 5.73. The molecule has 3 aliphatic heterocycles. The van der Waals surface area contributed by atoms with Crippen LogP contribution in [0.25, 0.3) is 0 Å². The second-order valence-corrected chi connectivity index (χ2v) is 7.19. The number of nitrogens with zero attached hydrogens (tertiary/aromatic N) is 1. The number of rotatable bonds is 2. The van der Waals surface area contributed by atoms with Gasteiger partial charge < -0.3 is 15.0 Å². The average Bonchev–Trinajstić information content (AvgIpc) is 3.15. The lowest BCUT2D eigenvalue weighted by atomic mass is 9.87. The summed E-state index contributed by atoms with van der Waals surface area (Å²) in [7, 11) is 0. The van der Waals surface area contributed by atoms with Crippen LogP contribution in [-0.2, 0) is 11.2 Å². The number of para-hydroxylation sites is 1. The van der Waals surface area contributed by atoms with Gasteiger partial charge in [-0.1, -0.05) is 18.2 Å². The Hall–Kier alpha value is -1.55. The second kappa shape index (κ2) is 6.52. The van der Waals surface area contributed by atoms with Crippen LogP contribution in [0, 0.1) is 11.8 Å². The Balaban J connectivity index is 1.34. The van der Waals surface area contributed by atoms with E-state index in [1.54, 1.807) is 0 Å². The highest BCUT2D eigenvalue weighted by atomic mass is 16.5. The number of nitrogens with one attached hydrogen (secondary N) is 1. The molecule has 3 heterocycles. The van der Waals surface area contributed by atoms with E-state index in [2.05, 4.69) is 16.3 Å². The molecule has 23 heavy (non-hydrogen) atoms. The molecule has 2 unspecified atom stereocenters. The van der Waals surface area contributed by atoms with Crippen LogP contribution < -0.4 is 10.1 Å². The Morgan fingerprint density at radius 1 is 1.17 bits per heavy atom. The Morgan fingerprint density at radius 3 is 2.78 bits per heavy atom. The van der Waals surface area contributed by atoms with Gasteiger partial charge in [0.2, 0.25) is 5.91 Å². The summed E-state index contributed by atoms with van der Waals surface area (Å²) in [5.74, 6) is 1.98. The quantitative estimate of drug-likeness (QED) is 0.910. The summed E-state index contributed by atoms with van der Waals surface area (Å²) in [5, 5.41) is 3.62. The van der Waals surface area contributed by atoms with Crippen molar-refractivity contribution >= 4 is 5.91 Å². The topological polar surface area (TPSA) is 41.6 Å². The SMILES string of the molecule is O=C(C1COc2ccccc2C1)N1CCC(C2CCCN2)CC1. The van der Waals surface area contributed by atoms with Gasteiger partial charge >= 0.3 is 0 Å². The van der Waals surface area contributed by atoms with Crippen LogP contribution in [0.15, 0.2) is 24.3 Å². The minimum absolute atomic E-state index is 0.00828. The highest BCUT2D eigenvalue weighted by Crippen LogP contribution is 2.30. The van der Waals surface area contributed by atoms with E-state index >= 15 is 0 Å². The monoisotopic (exact) mass is 314 g/mol. The van der Waals surface area contributed by atoms with Gasteiger partial charge in [-0.3, -0.25) is 4.79 Å². The molecule has 2 saturated heterocycles. The van der Waals surface area contributed by atoms with Crippen LogP contribution in [0.2, 0.25) is 0 Å². The number of fused-ring (bicyclic) bond motifs is 1. The molecule has 4 heteroatoms. The molecule has 1 aromatic carbocycles. The van der Waals surface area contributed by atoms with Crippen LogP contribution in [-0.4, -0.2) is 43.1 Å². The van der Waals surface area contributed by atoms with Gasteiger partial charge in [-0.05, 0) is 56.2 Å². The van der Waals surface area contributed by atoms with Crippen molar-refractivity contribution < 1.29 is 9.53 Å². The molecule has 0 saturated carbocycles. The Bertz CT molecular complexity index is 560. The number of carbonyl (C=O) groups excluding carboxylic acids is 1. The largest absolute Gasteiger partial charge is 0.492 e. The Kier molecular flexibility index (Phi) is 4.25. The number of likely N-dealkylation sites (tertiary alicyclic amines) is 1. The third kappa shape index (κ3) is 3.09. The van der Waals surface area contributed by atoms with Gasteiger partial charge in [0, 0.05) is 19.1 Å². The molecule has 1 N–H and O–H groups in total. The second-order valence-electron chi connectivity index (χ2n) is 7.19. The van der Waals surface area contributed by atoms with E-state index in [1.165, 1.54) is 24.9 Å². The van der Waals surface area contributed by atoms with Gasteiger partial charge in [-0.25, -0.2) is 0 Å². The number of piperidine rings is 1. The van der Waals surface area contributed by atoms with E-state index in [0.29, 0.717) is 12.6 Å². The molecule has 4 rings (SSSR count).